The first-order valence-electron chi connectivity index (χ1n) is 42.4. The maximum atomic E-state index is 14.4. The lowest BCUT2D eigenvalue weighted by Crippen LogP contribution is -2.59. The molecule has 15 bridgehead atoms. The lowest BCUT2D eigenvalue weighted by Gasteiger charge is -2.42. The second kappa shape index (κ2) is 40.6. The van der Waals surface area contributed by atoms with E-state index in [1.54, 1.807) is 0 Å². The van der Waals surface area contributed by atoms with Crippen LogP contribution in [-0.4, -0.2) is 282 Å². The number of nitrogens with two attached hydrogens (primary N) is 1. The van der Waals surface area contributed by atoms with Crippen LogP contribution in [0.5, 0.6) is 69.0 Å². The van der Waals surface area contributed by atoms with Crippen LogP contribution < -0.4 is 29.4 Å². The maximum absolute atomic E-state index is 14.4. The molecular formula is C90H101Cl2N9O31. The number of aromatic hydroxyl groups is 4. The standard InChI is InChI=1S/C90H101Cl2N9O31/c1-35(2)9-6-4-5-7-12-63(110)96-70-58(27-42(32-102)73(111)77(70)115)130-82-60-25-41-26-61(82)128-56-18-15-39(24-51(56)92)80(132-90-71(94-36(3)105)78(116)76(114)62(34-104)131-90)72-88(123)100-69(89(124)125)49-30-45(107)31-57(129-59-28-43(33-103)74(112)79(117)75(59)113)64(49)48-23-38(14-16-53(48)108)66(85(120)101-72)98-87(122)68(41)99-86(121)67-40-21-44(106)29-46(22-40)126-81-47(10-8-11-54(81)109)65(93)84(119)95-52(83(118)97-67)20-37-13-17-55(127-60)50(91)19-37/h8,10-11,13-19,21-26,29-31,35,42-43,52,58-59,62,65-80,90,102-104,106-109,111-117H,4-7,9,12,20,27-28,32-34,93H2,1-3H3,(H,94,105)(H,95,119)(H,96,110)(H,97,118)(H,98,122)(H,99,121)(H,100,123)(H,101,120)(H,124,125). The second-order valence-electron chi connectivity index (χ2n) is 33.7. The van der Waals surface area contributed by atoms with Gasteiger partial charge in [0.15, 0.2) is 71.3 Å². The zero-order valence-electron chi connectivity index (χ0n) is 70.8. The Hall–Kier alpha value is -12.0. The number of unbranched alkanes of at least 4 members (excludes halogenated alkanes) is 3. The summed E-state index contributed by atoms with van der Waals surface area (Å²) in [6.45, 7) is 2.61. The normalized spacial score (nSPS) is 29.3. The van der Waals surface area contributed by atoms with Gasteiger partial charge in [0.25, 0.3) is 0 Å². The topological polar surface area (TPSA) is 672 Å². The number of halogens is 2. The van der Waals surface area contributed by atoms with Crippen LogP contribution in [0.3, 0.4) is 0 Å². The van der Waals surface area contributed by atoms with Crippen LogP contribution >= 0.6 is 23.2 Å². The predicted octanol–water partition coefficient (Wildman–Crippen LogP) is 9.07. The van der Waals surface area contributed by atoms with Crippen molar-refractivity contribution in [3.8, 4) is 80.1 Å². The molecule has 23 atom stereocenters. The Morgan fingerprint density at radius 3 is 1.80 bits per heavy atom. The van der Waals surface area contributed by atoms with Gasteiger partial charge in [0.2, 0.25) is 41.1 Å². The molecule has 7 aromatic rings. The fourth-order valence-corrected chi connectivity index (χ4v) is 17.5. The Balaban J connectivity index is 1.09. The zero-order chi connectivity index (χ0) is 94.9. The van der Waals surface area contributed by atoms with Crippen LogP contribution in [0.2, 0.25) is 10.0 Å². The first-order chi connectivity index (χ1) is 62.9. The van der Waals surface area contributed by atoms with Crippen LogP contribution in [0.4, 0.5) is 0 Å². The summed E-state index contributed by atoms with van der Waals surface area (Å²) in [6.07, 6.45) is -20.6. The number of phenolic OH excluding ortho intramolecular Hbond substituents is 4. The van der Waals surface area contributed by atoms with Gasteiger partial charge >= 0.3 is 5.97 Å². The lowest BCUT2D eigenvalue weighted by atomic mass is 9.80. The third kappa shape index (κ3) is 20.6. The molecule has 706 valence electrons. The number of nitrogens with zero attached hydrogens (tertiary/aromatic N) is 8. The number of aliphatic hydroxyl groups excluding tert-OH is 18. The molecular weight excluding hydrogens is 1770 g/mol. The van der Waals surface area contributed by atoms with E-state index in [0.29, 0.717) is 18.8 Å². The first kappa shape index (κ1) is 96.1. The zero-order valence-corrected chi connectivity index (χ0v) is 72.3. The van der Waals surface area contributed by atoms with Gasteiger partial charge in [-0.15, -0.1) is 0 Å². The molecule has 7 aromatic carbocycles. The average molecular weight is 1880 g/mol. The minimum atomic E-state index is -2.58. The van der Waals surface area contributed by atoms with Gasteiger partial charge in [-0.25, -0.2) is 44.7 Å². The van der Waals surface area contributed by atoms with Gasteiger partial charge in [-0.3, -0.25) is 0 Å². The Morgan fingerprint density at radius 2 is 1.14 bits per heavy atom. The molecule has 42 heteroatoms. The molecule has 0 radical (unpaired) electrons. The lowest BCUT2D eigenvalue weighted by molar-refractivity contribution is -0.279. The summed E-state index contributed by atoms with van der Waals surface area (Å²) >= 11 is 14.8. The van der Waals surface area contributed by atoms with Crippen molar-refractivity contribution in [2.75, 3.05) is 19.8 Å². The molecule has 16 rings (SSSR count). The number of carbonyl (C=O) groups is 1. The summed E-state index contributed by atoms with van der Waals surface area (Å²) in [5, 5.41) is 273. The van der Waals surface area contributed by atoms with Gasteiger partial charge in [-0.2, -0.15) is 0 Å². The van der Waals surface area contributed by atoms with Crippen LogP contribution in [0, 0.1) is 17.8 Å². The van der Waals surface area contributed by atoms with E-state index in [-0.39, 0.29) is 51.6 Å². The van der Waals surface area contributed by atoms with Crippen molar-refractivity contribution < 1.29 is 155 Å². The summed E-state index contributed by atoms with van der Waals surface area (Å²) in [5.41, 5.74) is 3.38. The van der Waals surface area contributed by atoms with Crippen molar-refractivity contribution in [1.82, 2.24) is 0 Å². The monoisotopic (exact) mass is 1870 g/mol. The smallest absolute Gasteiger partial charge is 0.333 e. The van der Waals surface area contributed by atoms with Gasteiger partial charge in [0, 0.05) is 79.2 Å². The van der Waals surface area contributed by atoms with E-state index in [4.69, 9.17) is 72.1 Å². The van der Waals surface area contributed by atoms with Crippen molar-refractivity contribution in [2.24, 2.45) is 63.4 Å². The van der Waals surface area contributed by atoms with Crippen molar-refractivity contribution in [3.63, 3.8) is 0 Å². The third-order valence-electron chi connectivity index (χ3n) is 23.9. The average Bonchev–Trinajstić information content (AvgIpc) is 0.763. The van der Waals surface area contributed by atoms with Gasteiger partial charge in [0.05, 0.1) is 28.9 Å². The van der Waals surface area contributed by atoms with E-state index in [0.717, 1.165) is 99.0 Å². The predicted molar refractivity (Wildman–Crippen MR) is 475 cm³/mol. The van der Waals surface area contributed by atoms with E-state index in [1.807, 2.05) is 0 Å². The largest absolute Gasteiger partial charge is 0.508 e. The molecule has 2 aliphatic carbocycles. The highest BCUT2D eigenvalue weighted by Crippen LogP contribution is 2.53. The fourth-order valence-electron chi connectivity index (χ4n) is 17.0. The molecule has 40 nitrogen and oxygen atoms in total. The minimum absolute atomic E-state index is 0.0167. The first-order valence-corrected chi connectivity index (χ1v) is 43.1. The maximum Gasteiger partial charge on any atom is 0.333 e. The molecule has 0 amide bonds. The number of ether oxygens (including phenoxy) is 7. The van der Waals surface area contributed by atoms with E-state index < -0.39 is 316 Å². The van der Waals surface area contributed by atoms with Gasteiger partial charge in [-0.05, 0) is 126 Å². The summed E-state index contributed by atoms with van der Waals surface area (Å²) in [7, 11) is 0. The highest BCUT2D eigenvalue weighted by molar-refractivity contribution is 6.32. The number of hydrogen-bond donors (Lipinski definition) is 24. The van der Waals surface area contributed by atoms with Crippen LogP contribution in [-0.2, 0) is 20.7 Å². The number of carboxylic acids is 1. The van der Waals surface area contributed by atoms with Crippen molar-refractivity contribution >= 4 is 76.4 Å². The van der Waals surface area contributed by atoms with E-state index in [9.17, 15) is 122 Å². The summed E-state index contributed by atoms with van der Waals surface area (Å²) < 4.78 is 46.4. The second-order valence-corrected chi connectivity index (χ2v) is 34.5. The Bertz CT molecular complexity index is 5700. The summed E-state index contributed by atoms with van der Waals surface area (Å²) in [4.78, 5) is 50.3. The Labute approximate surface area is 762 Å². The van der Waals surface area contributed by atoms with Crippen LogP contribution in [0.15, 0.2) is 155 Å². The van der Waals surface area contributed by atoms with Gasteiger partial charge < -0.3 is 156 Å². The Morgan fingerprint density at radius 1 is 0.530 bits per heavy atom. The molecule has 7 heterocycles. The van der Waals surface area contributed by atoms with E-state index in [1.165, 1.54) is 42.5 Å². The number of carboxylic acid groups (broad SMARTS) is 1. The summed E-state index contributed by atoms with van der Waals surface area (Å²) in [5.74, 6) is -19.3. The molecule has 25 N–H and O–H groups in total. The number of benzene rings is 7. The highest BCUT2D eigenvalue weighted by Gasteiger charge is 2.51. The molecule has 3 fully saturated rings. The molecule has 0 aromatic heterocycles. The van der Waals surface area contributed by atoms with Gasteiger partial charge in [-0.1, -0.05) is 93.1 Å². The highest BCUT2D eigenvalue weighted by atomic mass is 35.5. The third-order valence-corrected chi connectivity index (χ3v) is 24.5. The molecule has 1 saturated heterocycles. The number of aliphatic hydroxyl groups is 18. The van der Waals surface area contributed by atoms with Gasteiger partial charge in [0.1, 0.15) is 119 Å². The van der Waals surface area contributed by atoms with Crippen LogP contribution in [0.25, 0.3) is 11.1 Å². The number of fused-ring (bicyclic) bond motifs is 11. The van der Waals surface area contributed by atoms with E-state index in [2.05, 4.69) is 43.8 Å². The molecule has 7 aliphatic heterocycles. The van der Waals surface area contributed by atoms with Crippen molar-refractivity contribution in [1.29, 1.82) is 0 Å². The number of hydrogen-bond acceptors (Lipinski definition) is 31. The number of para-hydroxylation sites is 1. The van der Waals surface area contributed by atoms with E-state index >= 15 is 0 Å². The SMILES string of the molecule is CC(O)=NC1C(OC2c3ccc(c(Cl)c3)Oc3cc4cc(c3OC3CC(CO)C(O)C(O)C3N=C(O)CCCCCCC(C)C)Oc3ccc(cc3Cl)CC3N=C(O)C(N)c5cccc(O)c5Oc5cc(O)cc(c5)C(N=C3O)C(O)=NC4C(O)=NC3C(O)=NC2C(O)=NC(C(=O)O)c2cc(O)cc(OC4CC(CO)C(O)C(O)C4O)c2-c2cc3ccc2O)OC(CO)C(O)C1O. The minimum Gasteiger partial charge on any atom is -0.508 e. The molecule has 0 spiro atoms. The Kier molecular flexibility index (Phi) is 29.6. The van der Waals surface area contributed by atoms with Crippen LogP contribution in [0.1, 0.15) is 147 Å². The quantitative estimate of drug-likeness (QED) is 0.0204. The number of rotatable bonds is 19. The van der Waals surface area contributed by atoms with Crippen molar-refractivity contribution in [3.05, 3.63) is 164 Å². The summed E-state index contributed by atoms with van der Waals surface area (Å²) in [6, 6.07) is 2.43. The molecule has 2 saturated carbocycles. The number of aliphatic carboxylic acids is 1. The molecule has 9 aliphatic rings. The fraction of sp³-hybridized carbons (Fsp3) is 0.433. The molecule has 132 heavy (non-hydrogen) atoms. The van der Waals surface area contributed by atoms with Crippen molar-refractivity contribution in [2.45, 2.75) is 206 Å². The number of phenols is 4. The molecule has 23 unspecified atom stereocenters. The number of aliphatic imine (C=N–C) groups is 8.